The Morgan fingerprint density at radius 2 is 2.06 bits per heavy atom. The third-order valence-corrected chi connectivity index (χ3v) is 3.58. The van der Waals surface area contributed by atoms with E-state index in [-0.39, 0.29) is 0 Å². The van der Waals surface area contributed by atoms with E-state index < -0.39 is 0 Å². The van der Waals surface area contributed by atoms with Crippen LogP contribution in [0.5, 0.6) is 0 Å². The molecule has 1 N–H and O–H groups in total. The van der Waals surface area contributed by atoms with Crippen LogP contribution >= 0.6 is 0 Å². The molecule has 0 amide bonds. The first-order valence-electron chi connectivity index (χ1n) is 6.72. The van der Waals surface area contributed by atoms with E-state index in [0.29, 0.717) is 12.6 Å². The molecule has 1 aliphatic heterocycles. The van der Waals surface area contributed by atoms with E-state index in [1.807, 2.05) is 0 Å². The van der Waals surface area contributed by atoms with Crippen LogP contribution in [0.4, 0.5) is 0 Å². The molecule has 2 rings (SSSR count). The summed E-state index contributed by atoms with van der Waals surface area (Å²) in [6.07, 6.45) is 2.25. The lowest BCUT2D eigenvalue weighted by Crippen LogP contribution is -2.32. The van der Waals surface area contributed by atoms with Crippen molar-refractivity contribution in [1.29, 1.82) is 5.26 Å². The van der Waals surface area contributed by atoms with Gasteiger partial charge in [-0.1, -0.05) is 31.2 Å². The second-order valence-corrected chi connectivity index (χ2v) is 4.93. The maximum atomic E-state index is 8.55. The summed E-state index contributed by atoms with van der Waals surface area (Å²) < 4.78 is 0. The van der Waals surface area contributed by atoms with Crippen molar-refractivity contribution < 1.29 is 0 Å². The van der Waals surface area contributed by atoms with Gasteiger partial charge < -0.3 is 5.32 Å². The van der Waals surface area contributed by atoms with E-state index in [1.165, 1.54) is 11.1 Å². The summed E-state index contributed by atoms with van der Waals surface area (Å²) in [5, 5.41) is 11.8. The number of aryl methyl sites for hydroxylation is 1. The number of nitrogens with zero attached hydrogens (tertiary/aromatic N) is 2. The molecule has 1 saturated heterocycles. The number of nitriles is 1. The number of rotatable bonds is 5. The molecule has 0 aliphatic carbocycles. The van der Waals surface area contributed by atoms with Gasteiger partial charge in [0.2, 0.25) is 0 Å². The Morgan fingerprint density at radius 1 is 1.33 bits per heavy atom. The van der Waals surface area contributed by atoms with Gasteiger partial charge in [0, 0.05) is 25.7 Å². The smallest absolute Gasteiger partial charge is 0.0843 e. The molecule has 1 aromatic rings. The lowest BCUT2D eigenvalue weighted by molar-refractivity contribution is 0.321. The van der Waals surface area contributed by atoms with Crippen LogP contribution in [0.15, 0.2) is 24.3 Å². The van der Waals surface area contributed by atoms with Crippen LogP contribution in [0.2, 0.25) is 0 Å². The maximum Gasteiger partial charge on any atom is 0.0843 e. The Labute approximate surface area is 109 Å². The third kappa shape index (κ3) is 3.56. The minimum absolute atomic E-state index is 0.462. The molecule has 1 heterocycles. The summed E-state index contributed by atoms with van der Waals surface area (Å²) in [7, 11) is 0. The highest BCUT2D eigenvalue weighted by atomic mass is 15.2. The molecule has 1 unspecified atom stereocenters. The molecule has 1 aliphatic rings. The fraction of sp³-hybridized carbons (Fsp3) is 0.533. The molecule has 0 spiro atoms. The van der Waals surface area contributed by atoms with E-state index >= 15 is 0 Å². The molecule has 0 saturated carbocycles. The quantitative estimate of drug-likeness (QED) is 0.803. The third-order valence-electron chi connectivity index (χ3n) is 3.58. The zero-order valence-corrected chi connectivity index (χ0v) is 11.0. The highest BCUT2D eigenvalue weighted by Crippen LogP contribution is 2.14. The number of nitrogens with one attached hydrogen (secondary N) is 1. The van der Waals surface area contributed by atoms with Crippen LogP contribution in [0.1, 0.15) is 24.5 Å². The van der Waals surface area contributed by atoms with Gasteiger partial charge in [0.25, 0.3) is 0 Å². The molecule has 3 nitrogen and oxygen atoms in total. The Bertz CT molecular complexity index is 405. The second-order valence-electron chi connectivity index (χ2n) is 4.93. The minimum Gasteiger partial charge on any atom is -0.300 e. The van der Waals surface area contributed by atoms with Gasteiger partial charge in [0.05, 0.1) is 12.6 Å². The van der Waals surface area contributed by atoms with E-state index in [2.05, 4.69) is 47.5 Å². The molecule has 1 aromatic carbocycles. The first-order chi connectivity index (χ1) is 8.81. The largest absolute Gasteiger partial charge is 0.300 e. The van der Waals surface area contributed by atoms with Crippen molar-refractivity contribution in [1.82, 2.24) is 10.2 Å². The molecular weight excluding hydrogens is 222 g/mol. The Balaban J connectivity index is 1.81. The Kier molecular flexibility index (Phi) is 4.74. The van der Waals surface area contributed by atoms with Gasteiger partial charge in [-0.05, 0) is 24.0 Å². The van der Waals surface area contributed by atoms with Gasteiger partial charge in [0.1, 0.15) is 0 Å². The number of benzene rings is 1. The summed E-state index contributed by atoms with van der Waals surface area (Å²) in [5.74, 6) is 0. The number of likely N-dealkylation sites (tertiary alicyclic amines) is 1. The zero-order valence-electron chi connectivity index (χ0n) is 11.0. The highest BCUT2D eigenvalue weighted by Gasteiger charge is 2.21. The second kappa shape index (κ2) is 6.53. The van der Waals surface area contributed by atoms with E-state index in [0.717, 1.165) is 32.5 Å². The SMILES string of the molecule is CCc1ccc(CN2CCC(NCC#N)C2)cc1. The summed E-state index contributed by atoms with van der Waals surface area (Å²) in [6, 6.07) is 11.5. The minimum atomic E-state index is 0.462. The molecule has 18 heavy (non-hydrogen) atoms. The molecule has 96 valence electrons. The average Bonchev–Trinajstić information content (AvgIpc) is 2.85. The first-order valence-corrected chi connectivity index (χ1v) is 6.72. The zero-order chi connectivity index (χ0) is 12.8. The van der Waals surface area contributed by atoms with E-state index in [9.17, 15) is 0 Å². The van der Waals surface area contributed by atoms with Gasteiger partial charge >= 0.3 is 0 Å². The fourth-order valence-electron chi connectivity index (χ4n) is 2.47. The van der Waals surface area contributed by atoms with Crippen molar-refractivity contribution in [3.8, 4) is 6.07 Å². The van der Waals surface area contributed by atoms with Crippen LogP contribution < -0.4 is 5.32 Å². The van der Waals surface area contributed by atoms with Gasteiger partial charge in [0.15, 0.2) is 0 Å². The first kappa shape index (κ1) is 13.1. The molecule has 0 bridgehead atoms. The van der Waals surface area contributed by atoms with Crippen molar-refractivity contribution in [3.63, 3.8) is 0 Å². The summed E-state index contributed by atoms with van der Waals surface area (Å²) in [5.41, 5.74) is 2.78. The standard InChI is InChI=1S/C15H21N3/c1-2-13-3-5-14(6-4-13)11-18-10-7-15(12-18)17-9-8-16/h3-6,15,17H,2,7,9-12H2,1H3. The van der Waals surface area contributed by atoms with Crippen LogP contribution in [0.25, 0.3) is 0 Å². The van der Waals surface area contributed by atoms with Gasteiger partial charge in [-0.25, -0.2) is 0 Å². The molecule has 0 aromatic heterocycles. The van der Waals surface area contributed by atoms with Gasteiger partial charge in [-0.15, -0.1) is 0 Å². The van der Waals surface area contributed by atoms with Crippen molar-refractivity contribution in [2.24, 2.45) is 0 Å². The topological polar surface area (TPSA) is 39.1 Å². The predicted molar refractivity (Wildman–Crippen MR) is 73.1 cm³/mol. The summed E-state index contributed by atoms with van der Waals surface area (Å²) >= 11 is 0. The highest BCUT2D eigenvalue weighted by molar-refractivity contribution is 5.22. The van der Waals surface area contributed by atoms with Crippen molar-refractivity contribution in [2.45, 2.75) is 32.4 Å². The summed E-state index contributed by atoms with van der Waals surface area (Å²) in [4.78, 5) is 2.45. The van der Waals surface area contributed by atoms with Crippen molar-refractivity contribution in [3.05, 3.63) is 35.4 Å². The van der Waals surface area contributed by atoms with Crippen LogP contribution in [-0.4, -0.2) is 30.6 Å². The molecule has 3 heteroatoms. The van der Waals surface area contributed by atoms with Crippen LogP contribution in [0.3, 0.4) is 0 Å². The van der Waals surface area contributed by atoms with E-state index in [4.69, 9.17) is 5.26 Å². The maximum absolute atomic E-state index is 8.55. The summed E-state index contributed by atoms with van der Waals surface area (Å²) in [6.45, 7) is 5.84. The van der Waals surface area contributed by atoms with Crippen molar-refractivity contribution in [2.75, 3.05) is 19.6 Å². The Hall–Kier alpha value is -1.37. The van der Waals surface area contributed by atoms with Crippen LogP contribution in [0, 0.1) is 11.3 Å². The lowest BCUT2D eigenvalue weighted by atomic mass is 10.1. The van der Waals surface area contributed by atoms with Gasteiger partial charge in [-0.2, -0.15) is 5.26 Å². The monoisotopic (exact) mass is 243 g/mol. The molecule has 1 atom stereocenters. The predicted octanol–water partition coefficient (Wildman–Crippen LogP) is 1.94. The van der Waals surface area contributed by atoms with Gasteiger partial charge in [-0.3, -0.25) is 4.90 Å². The van der Waals surface area contributed by atoms with Crippen LogP contribution in [-0.2, 0) is 13.0 Å². The fourth-order valence-corrected chi connectivity index (χ4v) is 2.47. The number of hydrogen-bond acceptors (Lipinski definition) is 3. The average molecular weight is 243 g/mol. The van der Waals surface area contributed by atoms with Crippen molar-refractivity contribution >= 4 is 0 Å². The van der Waals surface area contributed by atoms with E-state index in [1.54, 1.807) is 0 Å². The molecule has 1 fully saturated rings. The molecular formula is C15H21N3. The lowest BCUT2D eigenvalue weighted by Gasteiger charge is -2.16. The Morgan fingerprint density at radius 3 is 2.72 bits per heavy atom. The normalized spacial score (nSPS) is 19.9. The number of hydrogen-bond donors (Lipinski definition) is 1. The molecule has 0 radical (unpaired) electrons.